The Morgan fingerprint density at radius 1 is 1.42 bits per heavy atom. The topological polar surface area (TPSA) is 45.5 Å². The van der Waals surface area contributed by atoms with E-state index in [0.29, 0.717) is 6.54 Å². The van der Waals surface area contributed by atoms with Crippen molar-refractivity contribution in [2.45, 2.75) is 45.1 Å². The minimum absolute atomic E-state index is 0.0424. The fourth-order valence-electron chi connectivity index (χ4n) is 2.63. The highest BCUT2D eigenvalue weighted by Crippen LogP contribution is 2.15. The number of furan rings is 1. The third-order valence-corrected chi connectivity index (χ3v) is 3.79. The number of carbonyl (C=O) groups is 1. The first kappa shape index (κ1) is 14.1. The largest absolute Gasteiger partial charge is 0.466 e. The van der Waals surface area contributed by atoms with Gasteiger partial charge in [0.2, 0.25) is 5.91 Å². The van der Waals surface area contributed by atoms with Crippen molar-refractivity contribution in [3.8, 4) is 0 Å². The number of aryl methyl sites for hydroxylation is 1. The number of nitrogens with zero attached hydrogens (tertiary/aromatic N) is 1. The van der Waals surface area contributed by atoms with Crippen LogP contribution in [0.1, 0.15) is 37.2 Å². The Balaban J connectivity index is 1.76. The van der Waals surface area contributed by atoms with Gasteiger partial charge in [-0.25, -0.2) is 0 Å². The predicted molar refractivity (Wildman–Crippen MR) is 75.0 cm³/mol. The van der Waals surface area contributed by atoms with E-state index < -0.39 is 0 Å². The third-order valence-electron chi connectivity index (χ3n) is 3.79. The number of hydrogen-bond acceptors (Lipinski definition) is 3. The lowest BCUT2D eigenvalue weighted by molar-refractivity contribution is -0.126. The first-order chi connectivity index (χ1) is 9.16. The second kappa shape index (κ2) is 6.75. The summed E-state index contributed by atoms with van der Waals surface area (Å²) in [7, 11) is 2.05. The fraction of sp³-hybridized carbons (Fsp3) is 0.667. The average molecular weight is 264 g/mol. The van der Waals surface area contributed by atoms with Crippen molar-refractivity contribution in [1.29, 1.82) is 0 Å². The summed E-state index contributed by atoms with van der Waals surface area (Å²) in [6.07, 6.45) is 5.32. The second-order valence-electron chi connectivity index (χ2n) is 5.40. The lowest BCUT2D eigenvalue weighted by atomic mass is 10.1. The molecule has 1 atom stereocenters. The zero-order valence-corrected chi connectivity index (χ0v) is 11.9. The maximum absolute atomic E-state index is 12.2. The highest BCUT2D eigenvalue weighted by molar-refractivity contribution is 5.81. The third kappa shape index (κ3) is 4.10. The Morgan fingerprint density at radius 3 is 3.00 bits per heavy atom. The van der Waals surface area contributed by atoms with Crippen LogP contribution >= 0.6 is 0 Å². The molecule has 1 aliphatic rings. The highest BCUT2D eigenvalue weighted by Gasteiger charge is 2.24. The summed E-state index contributed by atoms with van der Waals surface area (Å²) < 4.78 is 5.49. The van der Waals surface area contributed by atoms with Crippen molar-refractivity contribution in [2.75, 3.05) is 20.1 Å². The lowest BCUT2D eigenvalue weighted by Gasteiger charge is -2.24. The lowest BCUT2D eigenvalue weighted by Crippen LogP contribution is -2.45. The van der Waals surface area contributed by atoms with E-state index in [1.54, 1.807) is 0 Å². The van der Waals surface area contributed by atoms with Crippen LogP contribution in [0.15, 0.2) is 16.5 Å². The SMILES string of the molecule is Cc1ccc(CCNC(=O)C2CCCCCN2C)o1. The van der Waals surface area contributed by atoms with E-state index in [1.807, 2.05) is 26.1 Å². The zero-order valence-electron chi connectivity index (χ0n) is 11.9. The number of carbonyl (C=O) groups excluding carboxylic acids is 1. The molecular formula is C15H24N2O2. The number of likely N-dealkylation sites (tertiary alicyclic amines) is 1. The van der Waals surface area contributed by atoms with Gasteiger partial charge in [0, 0.05) is 13.0 Å². The van der Waals surface area contributed by atoms with Crippen molar-refractivity contribution >= 4 is 5.91 Å². The number of rotatable bonds is 4. The van der Waals surface area contributed by atoms with Crippen LogP contribution < -0.4 is 5.32 Å². The summed E-state index contributed by atoms with van der Waals surface area (Å²) >= 11 is 0. The van der Waals surface area contributed by atoms with Crippen LogP contribution in [0, 0.1) is 6.92 Å². The average Bonchev–Trinajstić information content (AvgIpc) is 2.67. The van der Waals surface area contributed by atoms with Crippen molar-refractivity contribution < 1.29 is 9.21 Å². The van der Waals surface area contributed by atoms with E-state index in [0.717, 1.165) is 37.3 Å². The molecule has 0 radical (unpaired) electrons. The smallest absolute Gasteiger partial charge is 0.237 e. The van der Waals surface area contributed by atoms with Gasteiger partial charge < -0.3 is 9.73 Å². The molecule has 0 aromatic carbocycles. The molecule has 4 nitrogen and oxygen atoms in total. The van der Waals surface area contributed by atoms with E-state index in [-0.39, 0.29) is 11.9 Å². The quantitative estimate of drug-likeness (QED) is 0.906. The van der Waals surface area contributed by atoms with Crippen LogP contribution in [0.4, 0.5) is 0 Å². The molecule has 1 amide bonds. The molecule has 0 saturated carbocycles. The van der Waals surface area contributed by atoms with Crippen LogP contribution in [0.2, 0.25) is 0 Å². The summed E-state index contributed by atoms with van der Waals surface area (Å²) in [5.41, 5.74) is 0. The normalized spacial score (nSPS) is 21.1. The molecule has 0 spiro atoms. The van der Waals surface area contributed by atoms with Gasteiger partial charge in [-0.05, 0) is 45.5 Å². The Bertz CT molecular complexity index is 414. The van der Waals surface area contributed by atoms with E-state index in [9.17, 15) is 4.79 Å². The Labute approximate surface area is 115 Å². The van der Waals surface area contributed by atoms with Gasteiger partial charge in [-0.3, -0.25) is 9.69 Å². The van der Waals surface area contributed by atoms with Gasteiger partial charge in [-0.2, -0.15) is 0 Å². The molecule has 1 saturated heterocycles. The molecule has 1 aliphatic heterocycles. The molecule has 19 heavy (non-hydrogen) atoms. The highest BCUT2D eigenvalue weighted by atomic mass is 16.3. The van der Waals surface area contributed by atoms with E-state index >= 15 is 0 Å². The van der Waals surface area contributed by atoms with Gasteiger partial charge >= 0.3 is 0 Å². The summed E-state index contributed by atoms with van der Waals surface area (Å²) in [5, 5.41) is 3.03. The Morgan fingerprint density at radius 2 is 2.26 bits per heavy atom. The summed E-state index contributed by atoms with van der Waals surface area (Å²) in [6, 6.07) is 3.97. The van der Waals surface area contributed by atoms with Crippen molar-refractivity contribution in [3.63, 3.8) is 0 Å². The number of hydrogen-bond donors (Lipinski definition) is 1. The fourth-order valence-corrected chi connectivity index (χ4v) is 2.63. The minimum atomic E-state index is 0.0424. The molecular weight excluding hydrogens is 240 g/mol. The maximum Gasteiger partial charge on any atom is 0.237 e. The summed E-state index contributed by atoms with van der Waals surface area (Å²) in [6.45, 7) is 3.61. The standard InChI is InChI=1S/C15H24N2O2/c1-12-7-8-13(19-12)9-10-16-15(18)14-6-4-3-5-11-17(14)2/h7-8,14H,3-6,9-11H2,1-2H3,(H,16,18). The molecule has 0 aliphatic carbocycles. The molecule has 2 rings (SSSR count). The van der Waals surface area contributed by atoms with Gasteiger partial charge in [0.15, 0.2) is 0 Å². The summed E-state index contributed by atoms with van der Waals surface area (Å²) in [5.74, 6) is 2.02. The number of likely N-dealkylation sites (N-methyl/N-ethyl adjacent to an activating group) is 1. The number of amides is 1. The predicted octanol–water partition coefficient (Wildman–Crippen LogP) is 2.12. The van der Waals surface area contributed by atoms with E-state index in [1.165, 1.54) is 12.8 Å². The van der Waals surface area contributed by atoms with Crippen LogP contribution in [-0.4, -0.2) is 37.0 Å². The maximum atomic E-state index is 12.2. The van der Waals surface area contributed by atoms with Crippen molar-refractivity contribution in [3.05, 3.63) is 23.7 Å². The van der Waals surface area contributed by atoms with Crippen molar-refractivity contribution in [1.82, 2.24) is 10.2 Å². The first-order valence-electron chi connectivity index (χ1n) is 7.20. The van der Waals surface area contributed by atoms with Crippen LogP contribution in [0.5, 0.6) is 0 Å². The van der Waals surface area contributed by atoms with Crippen molar-refractivity contribution in [2.24, 2.45) is 0 Å². The molecule has 1 fully saturated rings. The molecule has 1 aromatic heterocycles. The van der Waals surface area contributed by atoms with Gasteiger partial charge in [0.1, 0.15) is 11.5 Å². The zero-order chi connectivity index (χ0) is 13.7. The van der Waals surface area contributed by atoms with Gasteiger partial charge in [0.05, 0.1) is 6.04 Å². The Kier molecular flexibility index (Phi) is 5.02. The van der Waals surface area contributed by atoms with Crippen LogP contribution in [0.3, 0.4) is 0 Å². The molecule has 1 aromatic rings. The van der Waals surface area contributed by atoms with E-state index in [4.69, 9.17) is 4.42 Å². The summed E-state index contributed by atoms with van der Waals surface area (Å²) in [4.78, 5) is 14.4. The van der Waals surface area contributed by atoms with E-state index in [2.05, 4.69) is 10.2 Å². The minimum Gasteiger partial charge on any atom is -0.466 e. The van der Waals surface area contributed by atoms with Gasteiger partial charge in [-0.1, -0.05) is 12.8 Å². The first-order valence-corrected chi connectivity index (χ1v) is 7.20. The molecule has 1 unspecified atom stereocenters. The second-order valence-corrected chi connectivity index (χ2v) is 5.40. The van der Waals surface area contributed by atoms with Crippen LogP contribution in [0.25, 0.3) is 0 Å². The molecule has 2 heterocycles. The Hall–Kier alpha value is -1.29. The van der Waals surface area contributed by atoms with Gasteiger partial charge in [-0.15, -0.1) is 0 Å². The van der Waals surface area contributed by atoms with Gasteiger partial charge in [0.25, 0.3) is 0 Å². The van der Waals surface area contributed by atoms with Crippen LogP contribution in [-0.2, 0) is 11.2 Å². The molecule has 1 N–H and O–H groups in total. The number of nitrogens with one attached hydrogen (secondary N) is 1. The molecule has 106 valence electrons. The molecule has 4 heteroatoms. The monoisotopic (exact) mass is 264 g/mol. The molecule has 0 bridgehead atoms.